The van der Waals surface area contributed by atoms with E-state index in [1.54, 1.807) is 30.3 Å². The van der Waals surface area contributed by atoms with Crippen molar-refractivity contribution in [3.8, 4) is 0 Å². The van der Waals surface area contributed by atoms with Gasteiger partial charge in [0.1, 0.15) is 0 Å². The Morgan fingerprint density at radius 2 is 1.71 bits per heavy atom. The first kappa shape index (κ1) is 21.6. The average Bonchev–Trinajstić information content (AvgIpc) is 3.10. The Bertz CT molecular complexity index is 1080. The molecular weight excluding hydrogens is 443 g/mol. The van der Waals surface area contributed by atoms with Gasteiger partial charge in [-0.2, -0.15) is 0 Å². The molecule has 2 atom stereocenters. The molecule has 0 bridgehead atoms. The van der Waals surface area contributed by atoms with Crippen LogP contribution in [0.4, 0.5) is 0 Å². The summed E-state index contributed by atoms with van der Waals surface area (Å²) >= 11 is 12.0. The van der Waals surface area contributed by atoms with Gasteiger partial charge in [0, 0.05) is 11.3 Å². The van der Waals surface area contributed by atoms with Crippen LogP contribution in [0, 0.1) is 0 Å². The minimum absolute atomic E-state index is 0.0725. The topological polar surface area (TPSA) is 77.5 Å². The van der Waals surface area contributed by atoms with Gasteiger partial charge in [0.15, 0.2) is 19.7 Å². The van der Waals surface area contributed by atoms with Gasteiger partial charge in [-0.05, 0) is 49.1 Å². The molecule has 0 unspecified atom stereocenters. The normalized spacial score (nSPS) is 20.4. The third-order valence-corrected chi connectivity index (χ3v) is 8.95. The lowest BCUT2D eigenvalue weighted by Crippen LogP contribution is -2.20. The first-order chi connectivity index (χ1) is 13.1. The molecule has 0 spiro atoms. The van der Waals surface area contributed by atoms with Gasteiger partial charge in [-0.1, -0.05) is 41.4 Å². The largest absolute Gasteiger partial charge is 0.373 e. The van der Waals surface area contributed by atoms with E-state index in [2.05, 4.69) is 0 Å². The highest BCUT2D eigenvalue weighted by molar-refractivity contribution is 7.92. The minimum Gasteiger partial charge on any atom is -0.373 e. The summed E-state index contributed by atoms with van der Waals surface area (Å²) < 4.78 is 55.5. The molecule has 0 aliphatic heterocycles. The second kappa shape index (κ2) is 8.32. The number of benzene rings is 2. The number of hydrogen-bond acceptors (Lipinski definition) is 5. The van der Waals surface area contributed by atoms with Crippen molar-refractivity contribution >= 4 is 42.9 Å². The highest BCUT2D eigenvalue weighted by Crippen LogP contribution is 2.35. The van der Waals surface area contributed by atoms with Crippen LogP contribution < -0.4 is 0 Å². The van der Waals surface area contributed by atoms with E-state index in [0.29, 0.717) is 29.8 Å². The molecule has 3 rings (SSSR count). The fraction of sp³-hybridized carbons (Fsp3) is 0.368. The molecule has 0 N–H and O–H groups in total. The van der Waals surface area contributed by atoms with Crippen LogP contribution in [0.2, 0.25) is 10.0 Å². The molecule has 0 heterocycles. The maximum atomic E-state index is 12.9. The number of sulfone groups is 2. The van der Waals surface area contributed by atoms with Crippen LogP contribution in [0.1, 0.15) is 24.8 Å². The molecule has 152 valence electrons. The predicted molar refractivity (Wildman–Crippen MR) is 109 cm³/mol. The number of rotatable bonds is 6. The van der Waals surface area contributed by atoms with Gasteiger partial charge < -0.3 is 4.74 Å². The fourth-order valence-corrected chi connectivity index (χ4v) is 6.91. The first-order valence-corrected chi connectivity index (χ1v) is 12.9. The molecular formula is C19H20Cl2O5S2. The Morgan fingerprint density at radius 1 is 1.00 bits per heavy atom. The van der Waals surface area contributed by atoms with E-state index in [-0.39, 0.29) is 27.5 Å². The number of hydrogen-bond donors (Lipinski definition) is 0. The van der Waals surface area contributed by atoms with E-state index in [9.17, 15) is 16.8 Å². The van der Waals surface area contributed by atoms with Crippen LogP contribution in [0.3, 0.4) is 0 Å². The van der Waals surface area contributed by atoms with E-state index in [1.807, 2.05) is 0 Å². The quantitative estimate of drug-likeness (QED) is 0.638. The molecule has 1 saturated carbocycles. The molecule has 0 radical (unpaired) electrons. The lowest BCUT2D eigenvalue weighted by molar-refractivity contribution is 0.0446. The Labute approximate surface area is 175 Å². The molecule has 5 nitrogen and oxygen atoms in total. The van der Waals surface area contributed by atoms with Gasteiger partial charge in [0.2, 0.25) is 0 Å². The predicted octanol–water partition coefficient (Wildman–Crippen LogP) is 4.31. The molecule has 0 aromatic heterocycles. The van der Waals surface area contributed by atoms with Gasteiger partial charge in [-0.25, -0.2) is 16.8 Å². The van der Waals surface area contributed by atoms with E-state index >= 15 is 0 Å². The van der Waals surface area contributed by atoms with Crippen molar-refractivity contribution in [3.05, 3.63) is 58.1 Å². The summed E-state index contributed by atoms with van der Waals surface area (Å²) in [5.74, 6) is 0. The van der Waals surface area contributed by atoms with Gasteiger partial charge in [-0.3, -0.25) is 0 Å². The number of ether oxygens (including phenoxy) is 1. The number of halogens is 2. The summed E-state index contributed by atoms with van der Waals surface area (Å²) in [4.78, 5) is 0.262. The van der Waals surface area contributed by atoms with Gasteiger partial charge in [0.25, 0.3) is 0 Å². The van der Waals surface area contributed by atoms with Crippen LogP contribution >= 0.6 is 23.2 Å². The molecule has 1 aliphatic carbocycles. The third kappa shape index (κ3) is 4.71. The maximum absolute atomic E-state index is 12.9. The SMILES string of the molecule is CS(=O)(=O)c1cc(Cl)ccc1CO[C@@H]1CC[C@@H](S(=O)(=O)c2ccccc2Cl)C1. The molecule has 0 amide bonds. The molecule has 2 aromatic rings. The van der Waals surface area contributed by atoms with Gasteiger partial charge >= 0.3 is 0 Å². The molecule has 0 saturated heterocycles. The van der Waals surface area contributed by atoms with Crippen LogP contribution in [0.15, 0.2) is 52.3 Å². The van der Waals surface area contributed by atoms with Crippen molar-refractivity contribution in [1.82, 2.24) is 0 Å². The Hall–Kier alpha value is -1.12. The Morgan fingerprint density at radius 3 is 2.39 bits per heavy atom. The monoisotopic (exact) mass is 462 g/mol. The summed E-state index contributed by atoms with van der Waals surface area (Å²) in [6.45, 7) is 0.0725. The first-order valence-electron chi connectivity index (χ1n) is 8.67. The zero-order chi connectivity index (χ0) is 20.5. The Kier molecular flexibility index (Phi) is 6.41. The fourth-order valence-electron chi connectivity index (χ4n) is 3.39. The zero-order valence-corrected chi connectivity index (χ0v) is 18.3. The van der Waals surface area contributed by atoms with Crippen molar-refractivity contribution in [1.29, 1.82) is 0 Å². The smallest absolute Gasteiger partial charge is 0.182 e. The van der Waals surface area contributed by atoms with E-state index < -0.39 is 24.9 Å². The molecule has 1 aliphatic rings. The van der Waals surface area contributed by atoms with E-state index in [1.165, 1.54) is 12.1 Å². The van der Waals surface area contributed by atoms with Crippen LogP contribution in [0.5, 0.6) is 0 Å². The van der Waals surface area contributed by atoms with E-state index in [0.717, 1.165) is 6.26 Å². The van der Waals surface area contributed by atoms with Crippen LogP contribution in [-0.4, -0.2) is 34.4 Å². The minimum atomic E-state index is -3.55. The second-order valence-corrected chi connectivity index (χ2v) is 11.9. The maximum Gasteiger partial charge on any atom is 0.182 e. The van der Waals surface area contributed by atoms with Gasteiger partial charge in [-0.15, -0.1) is 0 Å². The van der Waals surface area contributed by atoms with Crippen molar-refractivity contribution < 1.29 is 21.6 Å². The highest BCUT2D eigenvalue weighted by Gasteiger charge is 2.36. The summed E-state index contributed by atoms with van der Waals surface area (Å²) in [5, 5.41) is -0.0289. The molecule has 9 heteroatoms. The lowest BCUT2D eigenvalue weighted by Gasteiger charge is -2.15. The van der Waals surface area contributed by atoms with Gasteiger partial charge in [0.05, 0.1) is 32.8 Å². The summed E-state index contributed by atoms with van der Waals surface area (Å²) in [6, 6.07) is 11.0. The summed E-state index contributed by atoms with van der Waals surface area (Å²) in [5.41, 5.74) is 0.504. The van der Waals surface area contributed by atoms with Crippen LogP contribution in [0.25, 0.3) is 0 Å². The highest BCUT2D eigenvalue weighted by atomic mass is 35.5. The second-order valence-electron chi connectivity index (χ2n) is 6.87. The van der Waals surface area contributed by atoms with Crippen molar-refractivity contribution in [2.45, 2.75) is 47.0 Å². The molecule has 1 fully saturated rings. The van der Waals surface area contributed by atoms with Crippen molar-refractivity contribution in [3.63, 3.8) is 0 Å². The third-order valence-electron chi connectivity index (χ3n) is 4.82. The molecule has 2 aromatic carbocycles. The Balaban J connectivity index is 1.71. The molecule has 28 heavy (non-hydrogen) atoms. The zero-order valence-electron chi connectivity index (χ0n) is 15.1. The van der Waals surface area contributed by atoms with Crippen LogP contribution in [-0.2, 0) is 31.0 Å². The standard InChI is InChI=1S/C19H20Cl2O5S2/c1-27(22,23)19-10-14(20)7-6-13(19)12-26-15-8-9-16(11-15)28(24,25)18-5-3-2-4-17(18)21/h2-7,10,15-16H,8-9,11-12H2,1H3/t15-,16-/m1/s1. The van der Waals surface area contributed by atoms with E-state index in [4.69, 9.17) is 27.9 Å². The summed E-state index contributed by atoms with van der Waals surface area (Å²) in [6.07, 6.45) is 2.23. The van der Waals surface area contributed by atoms with Crippen molar-refractivity contribution in [2.75, 3.05) is 6.26 Å². The summed E-state index contributed by atoms with van der Waals surface area (Å²) in [7, 11) is -7.00. The van der Waals surface area contributed by atoms with Crippen molar-refractivity contribution in [2.24, 2.45) is 0 Å². The average molecular weight is 463 g/mol. The lowest BCUT2D eigenvalue weighted by atomic mass is 10.2.